The van der Waals surface area contributed by atoms with E-state index < -0.39 is 5.41 Å². The van der Waals surface area contributed by atoms with Gasteiger partial charge in [-0.25, -0.2) is 0 Å². The molecule has 0 bridgehead atoms. The molecule has 0 fully saturated rings. The highest BCUT2D eigenvalue weighted by atomic mass is 15.0. The van der Waals surface area contributed by atoms with Crippen LogP contribution in [0.15, 0.2) is 267 Å². The third-order valence-electron chi connectivity index (χ3n) is 17.6. The molecule has 1 spiro atoms. The summed E-state index contributed by atoms with van der Waals surface area (Å²) in [5.74, 6) is 0. The van der Waals surface area contributed by atoms with Gasteiger partial charge in [-0.1, -0.05) is 176 Å². The molecule has 12 aromatic carbocycles. The molecular weight excluding hydrogens is 933 g/mol. The van der Waals surface area contributed by atoms with Gasteiger partial charge in [-0.3, -0.25) is 0 Å². The second-order valence-electron chi connectivity index (χ2n) is 21.1. The van der Waals surface area contributed by atoms with E-state index in [-0.39, 0.29) is 0 Å². The van der Waals surface area contributed by atoms with Gasteiger partial charge in [0.15, 0.2) is 0 Å². The zero-order chi connectivity index (χ0) is 50.1. The first-order valence-electron chi connectivity index (χ1n) is 26.8. The first-order valence-corrected chi connectivity index (χ1v) is 26.8. The number of rotatable bonds is 4. The molecule has 2 aliphatic carbocycles. The van der Waals surface area contributed by atoms with Gasteiger partial charge in [0.2, 0.25) is 0 Å². The van der Waals surface area contributed by atoms with Crippen LogP contribution < -0.4 is 0 Å². The number of fused-ring (bicyclic) bond motifs is 22. The summed E-state index contributed by atoms with van der Waals surface area (Å²) in [7, 11) is 0. The van der Waals surface area contributed by atoms with E-state index in [0.717, 1.165) is 17.1 Å². The average molecular weight is 977 g/mol. The number of benzene rings is 12. The number of aromatic nitrogens is 4. The van der Waals surface area contributed by atoms with Gasteiger partial charge in [0.1, 0.15) is 0 Å². The van der Waals surface area contributed by atoms with E-state index >= 15 is 0 Å². The summed E-state index contributed by atoms with van der Waals surface area (Å²) in [4.78, 5) is 0. The van der Waals surface area contributed by atoms with Crippen molar-refractivity contribution in [3.63, 3.8) is 0 Å². The van der Waals surface area contributed by atoms with Crippen LogP contribution >= 0.6 is 0 Å². The van der Waals surface area contributed by atoms with Crippen LogP contribution in [0.4, 0.5) is 0 Å². The predicted octanol–water partition coefficient (Wildman–Crippen LogP) is 18.4. The van der Waals surface area contributed by atoms with Crippen molar-refractivity contribution >= 4 is 87.2 Å². The monoisotopic (exact) mass is 976 g/mol. The molecule has 0 atom stereocenters. The Bertz CT molecular complexity index is 4690. The van der Waals surface area contributed by atoms with Crippen LogP contribution in [0, 0.1) is 0 Å². The van der Waals surface area contributed by atoms with Crippen molar-refractivity contribution in [2.45, 2.75) is 5.41 Å². The van der Waals surface area contributed by atoms with E-state index in [9.17, 15) is 0 Å². The lowest BCUT2D eigenvalue weighted by Gasteiger charge is -2.33. The molecule has 18 rings (SSSR count). The Balaban J connectivity index is 1.03. The first kappa shape index (κ1) is 41.2. The summed E-state index contributed by atoms with van der Waals surface area (Å²) in [6.07, 6.45) is 0. The third kappa shape index (κ3) is 5.21. The van der Waals surface area contributed by atoms with Gasteiger partial charge in [-0.05, 0) is 130 Å². The maximum Gasteiger partial charge on any atom is 0.0748 e. The van der Waals surface area contributed by atoms with Crippen LogP contribution in [-0.4, -0.2) is 18.3 Å². The summed E-state index contributed by atoms with van der Waals surface area (Å²) in [6, 6.07) is 100. The fourth-order valence-electron chi connectivity index (χ4n) is 14.6. The summed E-state index contributed by atoms with van der Waals surface area (Å²) in [6.45, 7) is 0. The molecule has 4 heterocycles. The largest absolute Gasteiger partial charge is 0.309 e. The smallest absolute Gasteiger partial charge is 0.0748 e. The van der Waals surface area contributed by atoms with E-state index in [4.69, 9.17) is 0 Å². The highest BCUT2D eigenvalue weighted by Crippen LogP contribution is 2.65. The molecule has 4 heteroatoms. The Morgan fingerprint density at radius 3 is 0.766 bits per heavy atom. The van der Waals surface area contributed by atoms with Crippen molar-refractivity contribution < 1.29 is 0 Å². The van der Waals surface area contributed by atoms with Crippen LogP contribution in [0.25, 0.3) is 132 Å². The minimum atomic E-state index is -0.809. The van der Waals surface area contributed by atoms with E-state index in [1.807, 2.05) is 0 Å². The molecule has 16 aromatic rings. The lowest BCUT2D eigenvalue weighted by molar-refractivity contribution is 0.782. The van der Waals surface area contributed by atoms with Gasteiger partial charge >= 0.3 is 0 Å². The maximum atomic E-state index is 2.57. The lowest BCUT2D eigenvalue weighted by atomic mass is 9.69. The second kappa shape index (κ2) is 15.0. The Labute approximate surface area is 442 Å². The average Bonchev–Trinajstić information content (AvgIpc) is 4.48. The van der Waals surface area contributed by atoms with Gasteiger partial charge in [-0.15, -0.1) is 0 Å². The number of hydrogen-bond acceptors (Lipinski definition) is 0. The van der Waals surface area contributed by atoms with Crippen LogP contribution in [0.5, 0.6) is 0 Å². The zero-order valence-corrected chi connectivity index (χ0v) is 41.7. The number of para-hydroxylation sites is 8. The fourth-order valence-corrected chi connectivity index (χ4v) is 14.6. The van der Waals surface area contributed by atoms with Crippen molar-refractivity contribution in [1.82, 2.24) is 18.3 Å². The van der Waals surface area contributed by atoms with Crippen molar-refractivity contribution in [3.8, 4) is 45.0 Å². The minimum absolute atomic E-state index is 0.809. The summed E-state index contributed by atoms with van der Waals surface area (Å²) >= 11 is 0. The SMILES string of the molecule is c1cc2c(c(-n3c4ccccc4c4ccccc43)c1)C1(c3cc(-n4c5ccccc5c5ccccc54)ccc3-c3ccc(-n4c5ccccc5c5ccccc54)cc31)c1cc(-n3c4ccccc4c4ccccc43)ccc1-2. The molecule has 0 aliphatic heterocycles. The van der Waals surface area contributed by atoms with E-state index in [1.165, 1.54) is 137 Å². The predicted molar refractivity (Wildman–Crippen MR) is 320 cm³/mol. The van der Waals surface area contributed by atoms with Crippen molar-refractivity contribution in [3.05, 3.63) is 289 Å². The van der Waals surface area contributed by atoms with Gasteiger partial charge < -0.3 is 18.3 Å². The molecule has 0 saturated heterocycles. The van der Waals surface area contributed by atoms with Crippen LogP contribution in [0.1, 0.15) is 22.3 Å². The molecule has 4 aromatic heterocycles. The molecule has 77 heavy (non-hydrogen) atoms. The normalized spacial score (nSPS) is 13.3. The zero-order valence-electron chi connectivity index (χ0n) is 41.7. The Morgan fingerprint density at radius 2 is 0.468 bits per heavy atom. The quantitative estimate of drug-likeness (QED) is 0.167. The molecule has 4 nitrogen and oxygen atoms in total. The first-order chi connectivity index (χ1) is 38.2. The van der Waals surface area contributed by atoms with Crippen molar-refractivity contribution in [1.29, 1.82) is 0 Å². The lowest BCUT2D eigenvalue weighted by Crippen LogP contribution is -2.28. The highest BCUT2D eigenvalue weighted by molar-refractivity contribution is 6.13. The summed E-state index contributed by atoms with van der Waals surface area (Å²) < 4.78 is 10.1. The molecule has 2 aliphatic rings. The standard InChI is InChI=1S/C73H44N4/c1-9-27-63-51(18-1)52-19-2-10-28-64(52)74(63)45-36-39-48-49-40-37-46(75-65-29-11-3-20-53(65)54-21-4-12-30-66(54)75)43-61(49)73(60(48)42-45)62-44-47(76-67-31-13-5-22-55(67)56-23-6-14-32-68(56)76)38-41-50(62)59-26-17-35-71(72(59)73)77-69-33-15-7-24-57(69)58-25-8-16-34-70(58)77/h1-44H. The molecule has 0 N–H and O–H groups in total. The van der Waals surface area contributed by atoms with E-state index in [0.29, 0.717) is 0 Å². The fraction of sp³-hybridized carbons (Fsp3) is 0.0137. The topological polar surface area (TPSA) is 19.7 Å². The summed E-state index contributed by atoms with van der Waals surface area (Å²) in [5.41, 5.74) is 23.4. The van der Waals surface area contributed by atoms with Crippen LogP contribution in [-0.2, 0) is 5.41 Å². The molecular formula is C73H44N4. The number of hydrogen-bond donors (Lipinski definition) is 0. The Morgan fingerprint density at radius 1 is 0.208 bits per heavy atom. The number of nitrogens with zero attached hydrogens (tertiary/aromatic N) is 4. The minimum Gasteiger partial charge on any atom is -0.309 e. The molecule has 0 saturated carbocycles. The van der Waals surface area contributed by atoms with E-state index in [1.54, 1.807) is 0 Å². The molecule has 0 amide bonds. The maximum absolute atomic E-state index is 2.57. The molecule has 0 radical (unpaired) electrons. The van der Waals surface area contributed by atoms with E-state index in [2.05, 4.69) is 285 Å². The Kier molecular flexibility index (Phi) is 8.03. The Hall–Kier alpha value is -10.2. The van der Waals surface area contributed by atoms with Crippen LogP contribution in [0.3, 0.4) is 0 Å². The van der Waals surface area contributed by atoms with Gasteiger partial charge in [0.05, 0.1) is 55.2 Å². The second-order valence-corrected chi connectivity index (χ2v) is 21.1. The van der Waals surface area contributed by atoms with Crippen LogP contribution in [0.2, 0.25) is 0 Å². The van der Waals surface area contributed by atoms with Gasteiger partial charge in [-0.2, -0.15) is 0 Å². The summed E-state index contributed by atoms with van der Waals surface area (Å²) in [5, 5.41) is 9.98. The molecule has 356 valence electrons. The van der Waals surface area contributed by atoms with Gasteiger partial charge in [0, 0.05) is 65.7 Å². The third-order valence-corrected chi connectivity index (χ3v) is 17.6. The highest BCUT2D eigenvalue weighted by Gasteiger charge is 2.54. The van der Waals surface area contributed by atoms with Gasteiger partial charge in [0.25, 0.3) is 0 Å². The van der Waals surface area contributed by atoms with Crippen molar-refractivity contribution in [2.24, 2.45) is 0 Å². The van der Waals surface area contributed by atoms with Crippen molar-refractivity contribution in [2.75, 3.05) is 0 Å². The molecule has 0 unspecified atom stereocenters.